The second-order valence-electron chi connectivity index (χ2n) is 10.1. The van der Waals surface area contributed by atoms with Crippen molar-refractivity contribution >= 4 is 27.5 Å². The zero-order chi connectivity index (χ0) is 30.5. The summed E-state index contributed by atoms with van der Waals surface area (Å²) in [4.78, 5) is 30.7. The van der Waals surface area contributed by atoms with E-state index in [4.69, 9.17) is 14.2 Å². The van der Waals surface area contributed by atoms with Crippen molar-refractivity contribution in [3.8, 4) is 21.9 Å². The number of fused-ring (bicyclic) bond motifs is 1. The first-order valence-electron chi connectivity index (χ1n) is 13.9. The summed E-state index contributed by atoms with van der Waals surface area (Å²) < 4.78 is 32.7. The summed E-state index contributed by atoms with van der Waals surface area (Å²) in [5.74, 6) is 0.446. The molecule has 0 spiro atoms. The van der Waals surface area contributed by atoms with Gasteiger partial charge in [-0.3, -0.25) is 9.69 Å². The molecule has 0 unspecified atom stereocenters. The Morgan fingerprint density at radius 1 is 0.930 bits per heavy atom. The highest BCUT2D eigenvalue weighted by Crippen LogP contribution is 2.39. The fraction of sp³-hybridized carbons (Fsp3) is 0.235. The van der Waals surface area contributed by atoms with Crippen LogP contribution in [0.25, 0.3) is 20.7 Å². The van der Waals surface area contributed by atoms with Crippen molar-refractivity contribution in [1.82, 2.24) is 9.47 Å². The maximum absolute atomic E-state index is 14.5. The number of halogens is 1. The third-order valence-corrected chi connectivity index (χ3v) is 8.53. The lowest BCUT2D eigenvalue weighted by atomic mass is 10.0. The number of carbonyl (C=O) groups excluding carboxylic acids is 1. The SMILES string of the molecule is CCOC(=O)c1cn(Cc2ccccc2OC)c2sc(-c3ccc(OC)cc3)c(CN(C)Cc3ccccc3F)c2c1=O. The molecule has 0 N–H and O–H groups in total. The van der Waals surface area contributed by atoms with Crippen molar-refractivity contribution in [2.24, 2.45) is 0 Å². The highest BCUT2D eigenvalue weighted by Gasteiger charge is 2.25. The molecule has 0 amide bonds. The van der Waals surface area contributed by atoms with Crippen molar-refractivity contribution in [1.29, 1.82) is 0 Å². The monoisotopic (exact) mass is 600 g/mol. The molecule has 0 bridgehead atoms. The van der Waals surface area contributed by atoms with Crippen LogP contribution in [-0.4, -0.2) is 43.3 Å². The minimum Gasteiger partial charge on any atom is -0.497 e. The van der Waals surface area contributed by atoms with E-state index in [1.54, 1.807) is 45.5 Å². The van der Waals surface area contributed by atoms with E-state index in [0.717, 1.165) is 21.6 Å². The van der Waals surface area contributed by atoms with E-state index in [-0.39, 0.29) is 18.0 Å². The number of rotatable bonds is 11. The molecule has 9 heteroatoms. The Hall–Kier alpha value is -4.47. The van der Waals surface area contributed by atoms with Gasteiger partial charge in [-0.15, -0.1) is 11.3 Å². The summed E-state index contributed by atoms with van der Waals surface area (Å²) in [5.41, 5.74) is 2.67. The van der Waals surface area contributed by atoms with Gasteiger partial charge in [0.25, 0.3) is 0 Å². The molecule has 0 saturated heterocycles. The first-order chi connectivity index (χ1) is 20.8. The number of hydrogen-bond acceptors (Lipinski definition) is 7. The standard InChI is InChI=1S/C34H33FN2O5S/c1-5-42-34(39)27-21-37(19-24-11-7-9-13-29(24)41-4)33-30(31(27)38)26(20-36(2)18-23-10-6-8-12-28(23)35)32(43-33)22-14-16-25(40-3)17-15-22/h6-17,21H,5,18-20H2,1-4H3. The van der Waals surface area contributed by atoms with E-state index >= 15 is 0 Å². The van der Waals surface area contributed by atoms with Gasteiger partial charge in [-0.25, -0.2) is 9.18 Å². The lowest BCUT2D eigenvalue weighted by Crippen LogP contribution is -2.23. The van der Waals surface area contributed by atoms with Crippen molar-refractivity contribution < 1.29 is 23.4 Å². The third-order valence-electron chi connectivity index (χ3n) is 7.21. The molecule has 2 aromatic heterocycles. The maximum Gasteiger partial charge on any atom is 0.343 e. The zero-order valence-corrected chi connectivity index (χ0v) is 25.4. The Labute approximate surface area is 253 Å². The number of benzene rings is 3. The van der Waals surface area contributed by atoms with Crippen molar-refractivity contribution in [3.05, 3.63) is 117 Å². The molecular weight excluding hydrogens is 567 g/mol. The van der Waals surface area contributed by atoms with E-state index < -0.39 is 11.4 Å². The Kier molecular flexibility index (Phi) is 9.23. The molecular formula is C34H33FN2O5S. The van der Waals surface area contributed by atoms with Crippen LogP contribution < -0.4 is 14.9 Å². The number of methoxy groups -OCH3 is 2. The lowest BCUT2D eigenvalue weighted by Gasteiger charge is -2.18. The summed E-state index contributed by atoms with van der Waals surface area (Å²) in [6.07, 6.45) is 1.58. The van der Waals surface area contributed by atoms with Crippen LogP contribution in [0.5, 0.6) is 11.5 Å². The van der Waals surface area contributed by atoms with Gasteiger partial charge in [0.15, 0.2) is 0 Å². The number of para-hydroxylation sites is 1. The quantitative estimate of drug-likeness (QED) is 0.156. The zero-order valence-electron chi connectivity index (χ0n) is 24.6. The predicted octanol–water partition coefficient (Wildman–Crippen LogP) is 6.74. The smallest absolute Gasteiger partial charge is 0.343 e. The fourth-order valence-electron chi connectivity index (χ4n) is 5.15. The normalized spacial score (nSPS) is 11.2. The number of ether oxygens (including phenoxy) is 3. The van der Waals surface area contributed by atoms with Gasteiger partial charge in [0.1, 0.15) is 27.7 Å². The molecule has 3 aromatic carbocycles. The van der Waals surface area contributed by atoms with Crippen LogP contribution in [0.1, 0.15) is 34.0 Å². The average molecular weight is 601 g/mol. The highest BCUT2D eigenvalue weighted by atomic mass is 32.1. The Balaban J connectivity index is 1.73. The van der Waals surface area contributed by atoms with Crippen LogP contribution in [0.3, 0.4) is 0 Å². The van der Waals surface area contributed by atoms with Crippen molar-refractivity contribution in [2.75, 3.05) is 27.9 Å². The number of esters is 1. The van der Waals surface area contributed by atoms with Crippen LogP contribution in [0.2, 0.25) is 0 Å². The van der Waals surface area contributed by atoms with Crippen molar-refractivity contribution in [2.45, 2.75) is 26.6 Å². The number of hydrogen-bond donors (Lipinski definition) is 0. The van der Waals surface area contributed by atoms with Crippen LogP contribution in [0, 0.1) is 5.82 Å². The molecule has 222 valence electrons. The molecule has 0 aliphatic carbocycles. The number of pyridine rings is 1. The number of carbonyl (C=O) groups is 1. The fourth-order valence-corrected chi connectivity index (χ4v) is 6.44. The number of aromatic nitrogens is 1. The molecule has 43 heavy (non-hydrogen) atoms. The summed E-state index contributed by atoms with van der Waals surface area (Å²) in [7, 11) is 5.11. The lowest BCUT2D eigenvalue weighted by molar-refractivity contribution is 0.0524. The molecule has 5 aromatic rings. The van der Waals surface area contributed by atoms with Crippen LogP contribution >= 0.6 is 11.3 Å². The maximum atomic E-state index is 14.5. The largest absolute Gasteiger partial charge is 0.497 e. The first-order valence-corrected chi connectivity index (χ1v) is 14.7. The van der Waals surface area contributed by atoms with Crippen LogP contribution in [0.15, 0.2) is 83.8 Å². The van der Waals surface area contributed by atoms with Gasteiger partial charge in [0.2, 0.25) is 5.43 Å². The van der Waals surface area contributed by atoms with Gasteiger partial charge in [-0.1, -0.05) is 36.4 Å². The highest BCUT2D eigenvalue weighted by molar-refractivity contribution is 7.22. The number of thiophene rings is 1. The minimum absolute atomic E-state index is 0.0404. The summed E-state index contributed by atoms with van der Waals surface area (Å²) in [5, 5.41) is 0.441. The summed E-state index contributed by atoms with van der Waals surface area (Å²) >= 11 is 1.48. The van der Waals surface area contributed by atoms with Gasteiger partial charge < -0.3 is 18.8 Å². The van der Waals surface area contributed by atoms with E-state index in [1.165, 1.54) is 17.4 Å². The minimum atomic E-state index is -0.675. The van der Waals surface area contributed by atoms with E-state index in [1.807, 2.05) is 65.0 Å². The predicted molar refractivity (Wildman–Crippen MR) is 168 cm³/mol. The molecule has 2 heterocycles. The first kappa shape index (κ1) is 30.0. The molecule has 5 rings (SSSR count). The molecule has 0 aliphatic rings. The average Bonchev–Trinajstić information content (AvgIpc) is 3.39. The van der Waals surface area contributed by atoms with Gasteiger partial charge in [0.05, 0.1) is 32.8 Å². The topological polar surface area (TPSA) is 70.0 Å². The molecule has 0 aliphatic heterocycles. The molecule has 0 radical (unpaired) electrons. The van der Waals surface area contributed by atoms with Crippen LogP contribution in [0.4, 0.5) is 4.39 Å². The van der Waals surface area contributed by atoms with Gasteiger partial charge in [-0.05, 0) is 61.5 Å². The second-order valence-corrected chi connectivity index (χ2v) is 11.1. The molecule has 0 fully saturated rings. The number of nitrogens with zero attached hydrogens (tertiary/aromatic N) is 2. The van der Waals surface area contributed by atoms with Crippen LogP contribution in [-0.2, 0) is 24.4 Å². The Bertz CT molecular complexity index is 1810. The summed E-state index contributed by atoms with van der Waals surface area (Å²) in [6, 6.07) is 21.9. The molecule has 7 nitrogen and oxygen atoms in total. The molecule has 0 atom stereocenters. The summed E-state index contributed by atoms with van der Waals surface area (Å²) in [6.45, 7) is 2.88. The van der Waals surface area contributed by atoms with E-state index in [2.05, 4.69) is 0 Å². The molecule has 0 saturated carbocycles. The van der Waals surface area contributed by atoms with Gasteiger partial charge in [-0.2, -0.15) is 0 Å². The van der Waals surface area contributed by atoms with E-state index in [9.17, 15) is 14.0 Å². The third kappa shape index (κ3) is 6.33. The van der Waals surface area contributed by atoms with Crippen molar-refractivity contribution in [3.63, 3.8) is 0 Å². The van der Waals surface area contributed by atoms with E-state index in [0.29, 0.717) is 46.9 Å². The Morgan fingerprint density at radius 2 is 1.63 bits per heavy atom. The van der Waals surface area contributed by atoms with Gasteiger partial charge >= 0.3 is 5.97 Å². The second kappa shape index (κ2) is 13.2. The Morgan fingerprint density at radius 3 is 2.30 bits per heavy atom. The van der Waals surface area contributed by atoms with Gasteiger partial charge in [0, 0.05) is 35.3 Å².